The van der Waals surface area contributed by atoms with Crippen LogP contribution in [-0.4, -0.2) is 5.78 Å². The van der Waals surface area contributed by atoms with Gasteiger partial charge in [0.15, 0.2) is 5.78 Å². The molecule has 2 N–H and O–H groups in total. The van der Waals surface area contributed by atoms with Gasteiger partial charge < -0.3 is 5.73 Å². The van der Waals surface area contributed by atoms with Gasteiger partial charge in [0.1, 0.15) is 0 Å². The molecule has 98 valence electrons. The number of Topliss-reactive ketones (excluding diaryl/α,β-unsaturated/α-hetero) is 1. The number of carbonyl (C=O) groups excluding carboxylic acids is 1. The zero-order valence-electron chi connectivity index (χ0n) is 10.6. The average Bonchev–Trinajstić information content (AvgIpc) is 2.46. The zero-order chi connectivity index (χ0) is 13.7. The molecule has 1 unspecified atom stereocenters. The first-order chi connectivity index (χ1) is 9.16. The summed E-state index contributed by atoms with van der Waals surface area (Å²) in [5.74, 6) is 0.100. The van der Waals surface area contributed by atoms with Gasteiger partial charge in [0.05, 0.1) is 0 Å². The number of halogens is 1. The summed E-state index contributed by atoms with van der Waals surface area (Å²) in [7, 11) is 0. The minimum atomic E-state index is -0.0996. The molecule has 0 fully saturated rings. The fourth-order valence-electron chi connectivity index (χ4n) is 1.93. The molecule has 2 aromatic rings. The Labute approximate surface area is 118 Å². The molecule has 2 aromatic carbocycles. The first-order valence-electron chi connectivity index (χ1n) is 6.26. The van der Waals surface area contributed by atoms with Crippen LogP contribution in [0.2, 0.25) is 5.02 Å². The molecule has 0 saturated carbocycles. The van der Waals surface area contributed by atoms with Crippen molar-refractivity contribution in [3.63, 3.8) is 0 Å². The molecule has 2 nitrogen and oxygen atoms in total. The van der Waals surface area contributed by atoms with E-state index >= 15 is 0 Å². The molecule has 0 heterocycles. The van der Waals surface area contributed by atoms with E-state index in [1.807, 2.05) is 30.3 Å². The van der Waals surface area contributed by atoms with Crippen molar-refractivity contribution in [3.05, 3.63) is 70.7 Å². The SMILES string of the molecule is NC(CCC(=O)c1ccc(Cl)cc1)c1ccccc1. The Bertz CT molecular complexity index is 536. The smallest absolute Gasteiger partial charge is 0.162 e. The molecule has 1 atom stereocenters. The number of hydrogen-bond acceptors (Lipinski definition) is 2. The van der Waals surface area contributed by atoms with Gasteiger partial charge in [0.2, 0.25) is 0 Å². The van der Waals surface area contributed by atoms with Crippen molar-refractivity contribution in [1.29, 1.82) is 0 Å². The third-order valence-corrected chi connectivity index (χ3v) is 3.33. The average molecular weight is 274 g/mol. The highest BCUT2D eigenvalue weighted by Gasteiger charge is 2.10. The van der Waals surface area contributed by atoms with Gasteiger partial charge in [-0.15, -0.1) is 0 Å². The van der Waals surface area contributed by atoms with Crippen molar-refractivity contribution in [2.45, 2.75) is 18.9 Å². The van der Waals surface area contributed by atoms with Crippen molar-refractivity contribution in [1.82, 2.24) is 0 Å². The number of ketones is 1. The highest BCUT2D eigenvalue weighted by molar-refractivity contribution is 6.30. The number of carbonyl (C=O) groups is 1. The van der Waals surface area contributed by atoms with Crippen LogP contribution in [0, 0.1) is 0 Å². The molecule has 19 heavy (non-hydrogen) atoms. The summed E-state index contributed by atoms with van der Waals surface area (Å²) >= 11 is 5.79. The van der Waals surface area contributed by atoms with Crippen LogP contribution in [0.15, 0.2) is 54.6 Å². The summed E-state index contributed by atoms with van der Waals surface area (Å²) in [5.41, 5.74) is 7.82. The van der Waals surface area contributed by atoms with Crippen molar-refractivity contribution < 1.29 is 4.79 Å². The van der Waals surface area contributed by atoms with E-state index in [0.717, 1.165) is 5.56 Å². The Kier molecular flexibility index (Phi) is 4.72. The summed E-state index contributed by atoms with van der Waals surface area (Å²) in [5, 5.41) is 0.637. The van der Waals surface area contributed by atoms with Gasteiger partial charge in [-0.3, -0.25) is 4.79 Å². The van der Waals surface area contributed by atoms with Crippen LogP contribution in [0.4, 0.5) is 0 Å². The number of nitrogens with two attached hydrogens (primary N) is 1. The number of benzene rings is 2. The van der Waals surface area contributed by atoms with Crippen LogP contribution in [-0.2, 0) is 0 Å². The largest absolute Gasteiger partial charge is 0.324 e. The van der Waals surface area contributed by atoms with Crippen molar-refractivity contribution in [3.8, 4) is 0 Å². The molecule has 0 bridgehead atoms. The van der Waals surface area contributed by atoms with E-state index < -0.39 is 0 Å². The second kappa shape index (κ2) is 6.50. The van der Waals surface area contributed by atoms with E-state index in [0.29, 0.717) is 23.4 Å². The van der Waals surface area contributed by atoms with Gasteiger partial charge in [-0.25, -0.2) is 0 Å². The van der Waals surface area contributed by atoms with E-state index in [2.05, 4.69) is 0 Å². The van der Waals surface area contributed by atoms with Gasteiger partial charge in [-0.05, 0) is 36.2 Å². The summed E-state index contributed by atoms with van der Waals surface area (Å²) in [6.45, 7) is 0. The minimum Gasteiger partial charge on any atom is -0.324 e. The predicted molar refractivity (Wildman–Crippen MR) is 78.4 cm³/mol. The third kappa shape index (κ3) is 3.91. The maximum atomic E-state index is 12.0. The first kappa shape index (κ1) is 13.8. The van der Waals surface area contributed by atoms with Crippen LogP contribution >= 0.6 is 11.6 Å². The lowest BCUT2D eigenvalue weighted by atomic mass is 9.99. The van der Waals surface area contributed by atoms with Crippen molar-refractivity contribution >= 4 is 17.4 Å². The maximum Gasteiger partial charge on any atom is 0.162 e. The fraction of sp³-hybridized carbons (Fsp3) is 0.188. The van der Waals surface area contributed by atoms with Crippen LogP contribution in [0.3, 0.4) is 0 Å². The monoisotopic (exact) mass is 273 g/mol. The number of rotatable bonds is 5. The summed E-state index contributed by atoms with van der Waals surface area (Å²) in [6, 6.07) is 16.7. The van der Waals surface area contributed by atoms with Gasteiger partial charge in [0, 0.05) is 23.0 Å². The van der Waals surface area contributed by atoms with Crippen LogP contribution < -0.4 is 5.73 Å². The van der Waals surface area contributed by atoms with Crippen LogP contribution in [0.25, 0.3) is 0 Å². The molecule has 0 aliphatic carbocycles. The molecule has 0 aliphatic heterocycles. The molecule has 0 aliphatic rings. The van der Waals surface area contributed by atoms with E-state index in [9.17, 15) is 4.79 Å². The van der Waals surface area contributed by atoms with E-state index in [1.54, 1.807) is 24.3 Å². The second-order valence-electron chi connectivity index (χ2n) is 4.49. The van der Waals surface area contributed by atoms with E-state index in [1.165, 1.54) is 0 Å². The first-order valence-corrected chi connectivity index (χ1v) is 6.64. The van der Waals surface area contributed by atoms with Crippen LogP contribution in [0.1, 0.15) is 34.8 Å². The number of hydrogen-bond donors (Lipinski definition) is 1. The Morgan fingerprint density at radius 1 is 1.05 bits per heavy atom. The van der Waals surface area contributed by atoms with Gasteiger partial charge in [-0.1, -0.05) is 41.9 Å². The molecular formula is C16H16ClNO. The summed E-state index contributed by atoms with van der Waals surface area (Å²) < 4.78 is 0. The lowest BCUT2D eigenvalue weighted by Crippen LogP contribution is -2.12. The van der Waals surface area contributed by atoms with Crippen molar-refractivity contribution in [2.24, 2.45) is 5.73 Å². The lowest BCUT2D eigenvalue weighted by molar-refractivity contribution is 0.0977. The molecule has 0 aromatic heterocycles. The predicted octanol–water partition coefficient (Wildman–Crippen LogP) is 4.00. The second-order valence-corrected chi connectivity index (χ2v) is 4.92. The zero-order valence-corrected chi connectivity index (χ0v) is 11.3. The molecule has 0 radical (unpaired) electrons. The minimum absolute atomic E-state index is 0.0996. The lowest BCUT2D eigenvalue weighted by Gasteiger charge is -2.11. The Hall–Kier alpha value is -1.64. The Morgan fingerprint density at radius 3 is 2.32 bits per heavy atom. The summed E-state index contributed by atoms with van der Waals surface area (Å²) in [6.07, 6.45) is 1.09. The van der Waals surface area contributed by atoms with Crippen molar-refractivity contribution in [2.75, 3.05) is 0 Å². The van der Waals surface area contributed by atoms with Crippen LogP contribution in [0.5, 0.6) is 0 Å². The topological polar surface area (TPSA) is 43.1 Å². The van der Waals surface area contributed by atoms with Gasteiger partial charge in [0.25, 0.3) is 0 Å². The maximum absolute atomic E-state index is 12.0. The molecule has 3 heteroatoms. The molecule has 0 saturated heterocycles. The molecule has 0 amide bonds. The van der Waals surface area contributed by atoms with E-state index in [4.69, 9.17) is 17.3 Å². The molecule has 0 spiro atoms. The van der Waals surface area contributed by atoms with Gasteiger partial charge >= 0.3 is 0 Å². The summed E-state index contributed by atoms with van der Waals surface area (Å²) in [4.78, 5) is 12.0. The Morgan fingerprint density at radius 2 is 1.68 bits per heavy atom. The fourth-order valence-corrected chi connectivity index (χ4v) is 2.06. The highest BCUT2D eigenvalue weighted by atomic mass is 35.5. The quantitative estimate of drug-likeness (QED) is 0.837. The van der Waals surface area contributed by atoms with E-state index in [-0.39, 0.29) is 11.8 Å². The standard InChI is InChI=1S/C16H16ClNO/c17-14-8-6-13(7-9-14)16(19)11-10-15(18)12-4-2-1-3-5-12/h1-9,15H,10-11,18H2. The van der Waals surface area contributed by atoms with Gasteiger partial charge in [-0.2, -0.15) is 0 Å². The third-order valence-electron chi connectivity index (χ3n) is 3.08. The Balaban J connectivity index is 1.92. The highest BCUT2D eigenvalue weighted by Crippen LogP contribution is 2.18. The normalized spacial score (nSPS) is 12.1. The molecule has 2 rings (SSSR count). The molecular weight excluding hydrogens is 258 g/mol.